The number of alkyl halides is 1. The lowest BCUT2D eigenvalue weighted by atomic mass is 10.3. The Bertz CT molecular complexity index is 429. The van der Waals surface area contributed by atoms with Gasteiger partial charge >= 0.3 is 6.09 Å². The molecule has 1 aromatic carbocycles. The largest absolute Gasteiger partial charge is 0.443 e. The molecule has 0 spiro atoms. The van der Waals surface area contributed by atoms with E-state index < -0.39 is 0 Å². The molecule has 0 saturated carbocycles. The van der Waals surface area contributed by atoms with Crippen molar-refractivity contribution in [3.05, 3.63) is 27.7 Å². The van der Waals surface area contributed by atoms with E-state index in [1.54, 1.807) is 11.0 Å². The van der Waals surface area contributed by atoms with Crippen molar-refractivity contribution in [2.24, 2.45) is 0 Å². The highest BCUT2D eigenvalue weighted by molar-refractivity contribution is 14.1. The van der Waals surface area contributed by atoms with Crippen LogP contribution in [0.15, 0.2) is 22.7 Å². The molecule has 1 fully saturated rings. The first kappa shape index (κ1) is 12.4. The van der Waals surface area contributed by atoms with Gasteiger partial charge in [0.2, 0.25) is 0 Å². The molecule has 1 amide bonds. The Morgan fingerprint density at radius 2 is 2.38 bits per heavy atom. The van der Waals surface area contributed by atoms with Gasteiger partial charge in [-0.2, -0.15) is 0 Å². The summed E-state index contributed by atoms with van der Waals surface area (Å²) in [6.45, 7) is 0.583. The number of benzene rings is 1. The molecule has 3 nitrogen and oxygen atoms in total. The summed E-state index contributed by atoms with van der Waals surface area (Å²) < 4.78 is 6.78. The van der Waals surface area contributed by atoms with Gasteiger partial charge in [0.25, 0.3) is 0 Å². The van der Waals surface area contributed by atoms with E-state index >= 15 is 0 Å². The van der Waals surface area contributed by atoms with Crippen LogP contribution in [0.2, 0.25) is 5.02 Å². The molecule has 0 radical (unpaired) electrons. The molecule has 1 aromatic rings. The van der Waals surface area contributed by atoms with Crippen LogP contribution >= 0.6 is 50.1 Å². The maximum Gasteiger partial charge on any atom is 0.414 e. The monoisotopic (exact) mass is 415 g/mol. The van der Waals surface area contributed by atoms with E-state index in [9.17, 15) is 4.79 Å². The first-order chi connectivity index (χ1) is 7.61. The number of cyclic esters (lactones) is 1. The predicted molar refractivity (Wildman–Crippen MR) is 75.7 cm³/mol. The SMILES string of the molecule is O=C1O[C@@H](CI)CN1c1ccc(Br)c(Cl)c1. The van der Waals surface area contributed by atoms with E-state index in [-0.39, 0.29) is 12.2 Å². The normalized spacial score (nSPS) is 20.1. The minimum Gasteiger partial charge on any atom is -0.443 e. The molecule has 1 aliphatic heterocycles. The van der Waals surface area contributed by atoms with Gasteiger partial charge in [-0.1, -0.05) is 34.2 Å². The molecule has 6 heteroatoms. The van der Waals surface area contributed by atoms with E-state index in [0.29, 0.717) is 11.6 Å². The van der Waals surface area contributed by atoms with Crippen LogP contribution in [0.4, 0.5) is 10.5 Å². The Morgan fingerprint density at radius 3 is 2.94 bits per heavy atom. The van der Waals surface area contributed by atoms with Crippen LogP contribution in [0, 0.1) is 0 Å². The predicted octanol–water partition coefficient (Wildman–Crippen LogP) is 3.86. The average molecular weight is 416 g/mol. The summed E-state index contributed by atoms with van der Waals surface area (Å²) in [5.41, 5.74) is 0.769. The van der Waals surface area contributed by atoms with E-state index in [2.05, 4.69) is 38.5 Å². The van der Waals surface area contributed by atoms with E-state index in [1.807, 2.05) is 12.1 Å². The minimum absolute atomic E-state index is 0.0319. The van der Waals surface area contributed by atoms with Crippen LogP contribution in [0.5, 0.6) is 0 Å². The number of halogens is 3. The molecule has 1 aliphatic rings. The number of nitrogens with zero attached hydrogens (tertiary/aromatic N) is 1. The van der Waals surface area contributed by atoms with Gasteiger partial charge in [0.1, 0.15) is 6.10 Å². The van der Waals surface area contributed by atoms with Crippen LogP contribution in [0.3, 0.4) is 0 Å². The summed E-state index contributed by atoms with van der Waals surface area (Å²) in [6.07, 6.45) is -0.337. The third-order valence-corrected chi connectivity index (χ3v) is 4.48. The third kappa shape index (κ3) is 2.46. The summed E-state index contributed by atoms with van der Waals surface area (Å²) in [7, 11) is 0. The molecule has 0 N–H and O–H groups in total. The molecule has 1 atom stereocenters. The van der Waals surface area contributed by atoms with Crippen molar-refractivity contribution in [1.82, 2.24) is 0 Å². The fourth-order valence-electron chi connectivity index (χ4n) is 1.47. The number of hydrogen-bond acceptors (Lipinski definition) is 2. The molecule has 1 heterocycles. The van der Waals surface area contributed by atoms with Crippen molar-refractivity contribution in [2.75, 3.05) is 15.9 Å². The summed E-state index contributed by atoms with van der Waals surface area (Å²) in [6, 6.07) is 5.41. The second-order valence-corrected chi connectivity index (χ2v) is 5.51. The average Bonchev–Trinajstić information content (AvgIpc) is 2.64. The maximum absolute atomic E-state index is 11.6. The quantitative estimate of drug-likeness (QED) is 0.541. The number of anilines is 1. The van der Waals surface area contributed by atoms with Crippen LogP contribution in [-0.2, 0) is 4.74 Å². The standard InChI is InChI=1S/C10H8BrClINO2/c11-8-2-1-6(3-9(8)12)14-5-7(4-13)16-10(14)15/h1-3,7H,4-5H2/t7-/m0/s1. The zero-order valence-electron chi connectivity index (χ0n) is 8.12. The highest BCUT2D eigenvalue weighted by Gasteiger charge is 2.31. The number of ether oxygens (including phenoxy) is 1. The Morgan fingerprint density at radius 1 is 1.62 bits per heavy atom. The van der Waals surface area contributed by atoms with E-state index in [1.165, 1.54) is 0 Å². The lowest BCUT2D eigenvalue weighted by Gasteiger charge is -2.13. The van der Waals surface area contributed by atoms with Crippen molar-refractivity contribution in [3.8, 4) is 0 Å². The molecular weight excluding hydrogens is 408 g/mol. The van der Waals surface area contributed by atoms with Crippen LogP contribution in [-0.4, -0.2) is 23.2 Å². The maximum atomic E-state index is 11.6. The van der Waals surface area contributed by atoms with Gasteiger partial charge in [-0.25, -0.2) is 4.79 Å². The molecule has 1 saturated heterocycles. The Kier molecular flexibility index (Phi) is 3.97. The summed E-state index contributed by atoms with van der Waals surface area (Å²) in [4.78, 5) is 13.2. The zero-order valence-corrected chi connectivity index (χ0v) is 12.6. The molecule has 0 unspecified atom stereocenters. The fraction of sp³-hybridized carbons (Fsp3) is 0.300. The fourth-order valence-corrected chi connectivity index (χ4v) is 2.35. The summed E-state index contributed by atoms with van der Waals surface area (Å²) >= 11 is 11.5. The second kappa shape index (κ2) is 5.10. The molecule has 16 heavy (non-hydrogen) atoms. The first-order valence-corrected chi connectivity index (χ1v) is 7.30. The Labute approximate surface area is 120 Å². The number of rotatable bonds is 2. The highest BCUT2D eigenvalue weighted by atomic mass is 127. The summed E-state index contributed by atoms with van der Waals surface area (Å²) in [5.74, 6) is 0. The highest BCUT2D eigenvalue weighted by Crippen LogP contribution is 2.29. The van der Waals surface area contributed by atoms with Gasteiger partial charge in [-0.15, -0.1) is 0 Å². The van der Waals surface area contributed by atoms with Crippen molar-refractivity contribution >= 4 is 61.9 Å². The molecule has 0 bridgehead atoms. The number of carbonyl (C=O) groups excluding carboxylic acids is 1. The zero-order chi connectivity index (χ0) is 11.7. The molecule has 0 aromatic heterocycles. The van der Waals surface area contributed by atoms with E-state index in [4.69, 9.17) is 16.3 Å². The van der Waals surface area contributed by atoms with Crippen LogP contribution in [0.1, 0.15) is 0 Å². The van der Waals surface area contributed by atoms with Crippen molar-refractivity contribution < 1.29 is 9.53 Å². The molecule has 86 valence electrons. The van der Waals surface area contributed by atoms with Crippen molar-refractivity contribution in [1.29, 1.82) is 0 Å². The van der Waals surface area contributed by atoms with Gasteiger partial charge in [-0.05, 0) is 34.1 Å². The van der Waals surface area contributed by atoms with Crippen LogP contribution in [0.25, 0.3) is 0 Å². The third-order valence-electron chi connectivity index (χ3n) is 2.26. The van der Waals surface area contributed by atoms with Crippen molar-refractivity contribution in [3.63, 3.8) is 0 Å². The molecule has 0 aliphatic carbocycles. The molecule has 2 rings (SSSR count). The van der Waals surface area contributed by atoms with Gasteiger partial charge in [0.15, 0.2) is 0 Å². The van der Waals surface area contributed by atoms with Crippen molar-refractivity contribution in [2.45, 2.75) is 6.10 Å². The van der Waals surface area contributed by atoms with Gasteiger partial charge in [0, 0.05) is 14.6 Å². The second-order valence-electron chi connectivity index (χ2n) is 3.37. The van der Waals surface area contributed by atoms with E-state index in [0.717, 1.165) is 14.6 Å². The van der Waals surface area contributed by atoms with Crippen LogP contribution < -0.4 is 4.90 Å². The Balaban J connectivity index is 2.24. The van der Waals surface area contributed by atoms with Gasteiger partial charge in [0.05, 0.1) is 11.6 Å². The molecular formula is C10H8BrClINO2. The lowest BCUT2D eigenvalue weighted by Crippen LogP contribution is -2.24. The smallest absolute Gasteiger partial charge is 0.414 e. The topological polar surface area (TPSA) is 29.5 Å². The summed E-state index contributed by atoms with van der Waals surface area (Å²) in [5, 5.41) is 0.586. The van der Waals surface area contributed by atoms with Gasteiger partial charge < -0.3 is 4.74 Å². The minimum atomic E-state index is -0.306. The number of hydrogen-bond donors (Lipinski definition) is 0. The first-order valence-electron chi connectivity index (χ1n) is 4.61. The number of amides is 1. The van der Waals surface area contributed by atoms with Gasteiger partial charge in [-0.3, -0.25) is 4.90 Å². The lowest BCUT2D eigenvalue weighted by molar-refractivity contribution is 0.153. The number of carbonyl (C=O) groups is 1. The Hall–Kier alpha value is -0.0100.